The number of aryl methyl sites for hydroxylation is 1. The highest BCUT2D eigenvalue weighted by atomic mass is 15.1. The van der Waals surface area contributed by atoms with E-state index < -0.39 is 0 Å². The first kappa shape index (κ1) is 6.15. The van der Waals surface area contributed by atoms with Crippen molar-refractivity contribution in [3.8, 4) is 11.5 Å². The molecule has 0 saturated heterocycles. The molecule has 0 radical (unpaired) electrons. The maximum atomic E-state index is 4.06. The molecule has 2 heterocycles. The van der Waals surface area contributed by atoms with E-state index in [-0.39, 0.29) is 0 Å². The first-order valence-corrected chi connectivity index (χ1v) is 3.38. The maximum Gasteiger partial charge on any atom is 0.157 e. The zero-order valence-corrected chi connectivity index (χ0v) is 6.13. The Morgan fingerprint density at radius 3 is 2.91 bits per heavy atom. The Balaban J connectivity index is 2.45. The molecule has 0 saturated carbocycles. The van der Waals surface area contributed by atoms with Gasteiger partial charge in [-0.15, -0.1) is 0 Å². The Labute approximate surface area is 63.7 Å². The SMILES string of the molecule is Cc1cc(-c2ncc[nH]2)n[nH]1. The molecule has 2 aromatic heterocycles. The van der Waals surface area contributed by atoms with Crippen LogP contribution in [0.2, 0.25) is 0 Å². The molecule has 0 atom stereocenters. The van der Waals surface area contributed by atoms with Crippen molar-refractivity contribution in [1.29, 1.82) is 0 Å². The van der Waals surface area contributed by atoms with Crippen molar-refractivity contribution in [3.05, 3.63) is 24.2 Å². The van der Waals surface area contributed by atoms with Gasteiger partial charge in [0.05, 0.1) is 0 Å². The number of hydrogen-bond donors (Lipinski definition) is 2. The Morgan fingerprint density at radius 2 is 2.36 bits per heavy atom. The molecular weight excluding hydrogens is 140 g/mol. The molecule has 0 aliphatic heterocycles. The third kappa shape index (κ3) is 1.02. The van der Waals surface area contributed by atoms with Gasteiger partial charge >= 0.3 is 0 Å². The summed E-state index contributed by atoms with van der Waals surface area (Å²) in [6.07, 6.45) is 3.48. The predicted molar refractivity (Wildman–Crippen MR) is 40.9 cm³/mol. The summed E-state index contributed by atoms with van der Waals surface area (Å²) in [5.74, 6) is 0.800. The van der Waals surface area contributed by atoms with Crippen LogP contribution in [-0.2, 0) is 0 Å². The van der Waals surface area contributed by atoms with Gasteiger partial charge in [0.1, 0.15) is 5.69 Å². The van der Waals surface area contributed by atoms with Crippen molar-refractivity contribution >= 4 is 0 Å². The number of hydrogen-bond acceptors (Lipinski definition) is 2. The molecule has 0 unspecified atom stereocenters. The van der Waals surface area contributed by atoms with E-state index >= 15 is 0 Å². The Morgan fingerprint density at radius 1 is 1.45 bits per heavy atom. The van der Waals surface area contributed by atoms with Gasteiger partial charge < -0.3 is 4.98 Å². The van der Waals surface area contributed by atoms with Crippen molar-refractivity contribution in [2.45, 2.75) is 6.92 Å². The van der Waals surface area contributed by atoms with Crippen molar-refractivity contribution in [3.63, 3.8) is 0 Å². The monoisotopic (exact) mass is 148 g/mol. The molecule has 0 fully saturated rings. The van der Waals surface area contributed by atoms with Gasteiger partial charge in [-0.3, -0.25) is 5.10 Å². The van der Waals surface area contributed by atoms with Crippen LogP contribution in [-0.4, -0.2) is 20.2 Å². The van der Waals surface area contributed by atoms with Gasteiger partial charge in [0.15, 0.2) is 5.82 Å². The van der Waals surface area contributed by atoms with Gasteiger partial charge in [-0.05, 0) is 13.0 Å². The summed E-state index contributed by atoms with van der Waals surface area (Å²) in [4.78, 5) is 7.03. The lowest BCUT2D eigenvalue weighted by molar-refractivity contribution is 1.04. The van der Waals surface area contributed by atoms with Crippen LogP contribution in [0.3, 0.4) is 0 Å². The number of H-pyrrole nitrogens is 2. The Kier molecular flexibility index (Phi) is 1.25. The van der Waals surface area contributed by atoms with Crippen LogP contribution in [0.15, 0.2) is 18.5 Å². The van der Waals surface area contributed by atoms with Crippen LogP contribution < -0.4 is 0 Å². The van der Waals surface area contributed by atoms with Crippen LogP contribution in [0, 0.1) is 6.92 Å². The van der Waals surface area contributed by atoms with E-state index in [4.69, 9.17) is 0 Å². The largest absolute Gasteiger partial charge is 0.343 e. The van der Waals surface area contributed by atoms with Crippen LogP contribution in [0.1, 0.15) is 5.69 Å². The lowest BCUT2D eigenvalue weighted by atomic mass is 10.4. The minimum Gasteiger partial charge on any atom is -0.343 e. The zero-order valence-electron chi connectivity index (χ0n) is 6.13. The molecule has 0 aliphatic carbocycles. The second-order valence-corrected chi connectivity index (χ2v) is 2.37. The maximum absolute atomic E-state index is 4.06. The fourth-order valence-electron chi connectivity index (χ4n) is 0.945. The average molecular weight is 148 g/mol. The molecule has 0 spiro atoms. The second-order valence-electron chi connectivity index (χ2n) is 2.37. The molecule has 0 bridgehead atoms. The standard InChI is InChI=1S/C7H8N4/c1-5-4-6(11-10-5)7-8-2-3-9-7/h2-4H,1H3,(H,8,9)(H,10,11). The van der Waals surface area contributed by atoms with Crippen molar-refractivity contribution in [2.24, 2.45) is 0 Å². The van der Waals surface area contributed by atoms with Crippen molar-refractivity contribution in [2.75, 3.05) is 0 Å². The van der Waals surface area contributed by atoms with E-state index in [0.29, 0.717) is 0 Å². The van der Waals surface area contributed by atoms with Crippen molar-refractivity contribution in [1.82, 2.24) is 20.2 Å². The van der Waals surface area contributed by atoms with Gasteiger partial charge in [0.2, 0.25) is 0 Å². The lowest BCUT2D eigenvalue weighted by Gasteiger charge is -1.83. The second kappa shape index (κ2) is 2.23. The number of imidazole rings is 1. The van der Waals surface area contributed by atoms with Gasteiger partial charge in [-0.1, -0.05) is 0 Å². The molecule has 0 amide bonds. The number of nitrogens with one attached hydrogen (secondary N) is 2. The van der Waals surface area contributed by atoms with Gasteiger partial charge in [0, 0.05) is 18.1 Å². The van der Waals surface area contributed by atoms with Gasteiger partial charge in [0.25, 0.3) is 0 Å². The van der Waals surface area contributed by atoms with E-state index in [9.17, 15) is 0 Å². The predicted octanol–water partition coefficient (Wildman–Crippen LogP) is 1.11. The summed E-state index contributed by atoms with van der Waals surface area (Å²) in [6, 6.07) is 1.94. The Hall–Kier alpha value is -1.58. The van der Waals surface area contributed by atoms with E-state index in [1.54, 1.807) is 12.4 Å². The van der Waals surface area contributed by atoms with Crippen LogP contribution in [0.25, 0.3) is 11.5 Å². The summed E-state index contributed by atoms with van der Waals surface area (Å²) < 4.78 is 0. The average Bonchev–Trinajstić information content (AvgIpc) is 2.55. The quantitative estimate of drug-likeness (QED) is 0.636. The molecule has 11 heavy (non-hydrogen) atoms. The summed E-state index contributed by atoms with van der Waals surface area (Å²) >= 11 is 0. The van der Waals surface area contributed by atoms with Gasteiger partial charge in [-0.2, -0.15) is 5.10 Å². The van der Waals surface area contributed by atoms with Crippen LogP contribution in [0.5, 0.6) is 0 Å². The molecule has 0 aliphatic rings. The number of aromatic amines is 2. The van der Waals surface area contributed by atoms with E-state index in [1.165, 1.54) is 0 Å². The van der Waals surface area contributed by atoms with E-state index in [2.05, 4.69) is 20.2 Å². The smallest absolute Gasteiger partial charge is 0.157 e. The number of nitrogens with zero attached hydrogens (tertiary/aromatic N) is 2. The lowest BCUT2D eigenvalue weighted by Crippen LogP contribution is -1.78. The third-order valence-corrected chi connectivity index (χ3v) is 1.45. The molecule has 4 nitrogen and oxygen atoms in total. The summed E-state index contributed by atoms with van der Waals surface area (Å²) in [5, 5.41) is 6.89. The summed E-state index contributed by atoms with van der Waals surface area (Å²) in [6.45, 7) is 1.96. The fourth-order valence-corrected chi connectivity index (χ4v) is 0.945. The molecule has 0 aromatic carbocycles. The normalized spacial score (nSPS) is 10.3. The Bertz CT molecular complexity index is 333. The third-order valence-electron chi connectivity index (χ3n) is 1.45. The van der Waals surface area contributed by atoms with Crippen LogP contribution in [0.4, 0.5) is 0 Å². The molecule has 2 N–H and O–H groups in total. The minimum atomic E-state index is 0.800. The first-order valence-electron chi connectivity index (χ1n) is 3.38. The zero-order chi connectivity index (χ0) is 7.68. The number of rotatable bonds is 1. The molecular formula is C7H8N4. The van der Waals surface area contributed by atoms with Gasteiger partial charge in [-0.25, -0.2) is 4.98 Å². The van der Waals surface area contributed by atoms with Crippen molar-refractivity contribution < 1.29 is 0 Å². The summed E-state index contributed by atoms with van der Waals surface area (Å²) in [5.41, 5.74) is 1.89. The minimum absolute atomic E-state index is 0.800. The highest BCUT2D eigenvalue weighted by Crippen LogP contribution is 2.10. The van der Waals surface area contributed by atoms with E-state index in [0.717, 1.165) is 17.2 Å². The highest BCUT2D eigenvalue weighted by Gasteiger charge is 2.01. The topological polar surface area (TPSA) is 57.4 Å². The van der Waals surface area contributed by atoms with Crippen LogP contribution >= 0.6 is 0 Å². The molecule has 2 rings (SSSR count). The highest BCUT2D eigenvalue weighted by molar-refractivity contribution is 5.48. The first-order chi connectivity index (χ1) is 5.36. The fraction of sp³-hybridized carbons (Fsp3) is 0.143. The number of aromatic nitrogens is 4. The molecule has 56 valence electrons. The summed E-state index contributed by atoms with van der Waals surface area (Å²) in [7, 11) is 0. The molecule has 4 heteroatoms. The molecule has 2 aromatic rings. The van der Waals surface area contributed by atoms with E-state index in [1.807, 2.05) is 13.0 Å².